The van der Waals surface area contributed by atoms with E-state index in [1.165, 1.54) is 0 Å². The van der Waals surface area contributed by atoms with Gasteiger partial charge in [0.1, 0.15) is 5.75 Å². The molecule has 0 amide bonds. The van der Waals surface area contributed by atoms with Gasteiger partial charge in [0.25, 0.3) is 0 Å². The highest BCUT2D eigenvalue weighted by atomic mass is 79.9. The van der Waals surface area contributed by atoms with Crippen LogP contribution in [0.25, 0.3) is 0 Å². The van der Waals surface area contributed by atoms with Crippen LogP contribution in [0.4, 0.5) is 0 Å². The molecule has 2 rings (SSSR count). The fraction of sp³-hybridized carbons (Fsp3) is 0.214. The van der Waals surface area contributed by atoms with Crippen LogP contribution in [-0.2, 0) is 0 Å². The molecule has 0 radical (unpaired) electrons. The minimum absolute atomic E-state index is 0.284. The lowest BCUT2D eigenvalue weighted by atomic mass is 10.0. The van der Waals surface area contributed by atoms with E-state index >= 15 is 0 Å². The lowest BCUT2D eigenvalue weighted by Gasteiger charge is -2.16. The molecule has 1 heterocycles. The van der Waals surface area contributed by atoms with Gasteiger partial charge in [0.05, 0.1) is 18.8 Å². The van der Waals surface area contributed by atoms with E-state index in [0.717, 1.165) is 27.0 Å². The number of hydrogen-bond donors (Lipinski definition) is 1. The summed E-state index contributed by atoms with van der Waals surface area (Å²) in [5, 5.41) is 0. The van der Waals surface area contributed by atoms with Gasteiger partial charge in [0.15, 0.2) is 0 Å². The molecule has 1 unspecified atom stereocenters. The predicted octanol–water partition coefficient (Wildman–Crippen LogP) is 3.21. The van der Waals surface area contributed by atoms with Gasteiger partial charge in [-0.2, -0.15) is 0 Å². The fourth-order valence-electron chi connectivity index (χ4n) is 1.83. The number of rotatable bonds is 3. The largest absolute Gasteiger partial charge is 0.496 e. The van der Waals surface area contributed by atoms with Crippen LogP contribution >= 0.6 is 15.9 Å². The molecule has 0 saturated heterocycles. The first-order chi connectivity index (χ1) is 8.61. The molecule has 0 bridgehead atoms. The van der Waals surface area contributed by atoms with E-state index in [9.17, 15) is 0 Å². The molecule has 18 heavy (non-hydrogen) atoms. The maximum absolute atomic E-state index is 6.25. The monoisotopic (exact) mass is 306 g/mol. The Kier molecular flexibility index (Phi) is 3.99. The lowest BCUT2D eigenvalue weighted by Crippen LogP contribution is -2.14. The van der Waals surface area contributed by atoms with Crippen LogP contribution in [0.1, 0.15) is 22.9 Å². The van der Waals surface area contributed by atoms with Crippen molar-refractivity contribution >= 4 is 15.9 Å². The third kappa shape index (κ3) is 2.71. The van der Waals surface area contributed by atoms with Crippen LogP contribution in [0.5, 0.6) is 5.75 Å². The highest BCUT2D eigenvalue weighted by molar-refractivity contribution is 9.10. The number of hydrogen-bond acceptors (Lipinski definition) is 3. The molecule has 1 atom stereocenters. The average Bonchev–Trinajstić information content (AvgIpc) is 2.39. The molecule has 0 aliphatic heterocycles. The van der Waals surface area contributed by atoms with Gasteiger partial charge in [-0.15, -0.1) is 0 Å². The number of halogens is 1. The zero-order valence-electron chi connectivity index (χ0n) is 10.4. The quantitative estimate of drug-likeness (QED) is 0.947. The van der Waals surface area contributed by atoms with Crippen molar-refractivity contribution in [2.24, 2.45) is 5.73 Å². The van der Waals surface area contributed by atoms with E-state index in [1.807, 2.05) is 37.3 Å². The topological polar surface area (TPSA) is 48.1 Å². The van der Waals surface area contributed by atoms with E-state index in [1.54, 1.807) is 13.3 Å². The van der Waals surface area contributed by atoms with Gasteiger partial charge in [-0.3, -0.25) is 4.98 Å². The molecular formula is C14H15BrN2O. The Morgan fingerprint density at radius 2 is 2.06 bits per heavy atom. The number of ether oxygens (including phenoxy) is 1. The van der Waals surface area contributed by atoms with E-state index in [0.29, 0.717) is 0 Å². The van der Waals surface area contributed by atoms with Crippen molar-refractivity contribution in [2.75, 3.05) is 7.11 Å². The fourth-order valence-corrected chi connectivity index (χ4v) is 2.06. The SMILES string of the molecule is COc1ccc(C)cc1C(N)c1ccc(Br)cn1. The molecule has 0 aliphatic rings. The van der Waals surface area contributed by atoms with Crippen LogP contribution in [-0.4, -0.2) is 12.1 Å². The molecule has 94 valence electrons. The second-order valence-electron chi connectivity index (χ2n) is 4.12. The van der Waals surface area contributed by atoms with Gasteiger partial charge in [-0.05, 0) is 41.1 Å². The summed E-state index contributed by atoms with van der Waals surface area (Å²) in [7, 11) is 1.65. The average molecular weight is 307 g/mol. The highest BCUT2D eigenvalue weighted by Crippen LogP contribution is 2.28. The van der Waals surface area contributed by atoms with Crippen molar-refractivity contribution in [1.82, 2.24) is 4.98 Å². The van der Waals surface area contributed by atoms with E-state index in [4.69, 9.17) is 10.5 Å². The van der Waals surface area contributed by atoms with Crippen LogP contribution < -0.4 is 10.5 Å². The Morgan fingerprint density at radius 3 is 2.67 bits per heavy atom. The van der Waals surface area contributed by atoms with Crippen molar-refractivity contribution in [2.45, 2.75) is 13.0 Å². The molecule has 0 aliphatic carbocycles. The first kappa shape index (κ1) is 13.1. The van der Waals surface area contributed by atoms with Crippen molar-refractivity contribution in [3.63, 3.8) is 0 Å². The molecule has 2 N–H and O–H groups in total. The number of pyridine rings is 1. The number of aryl methyl sites for hydroxylation is 1. The van der Waals surface area contributed by atoms with Crippen molar-refractivity contribution in [3.8, 4) is 5.75 Å². The summed E-state index contributed by atoms with van der Waals surface area (Å²) in [5.41, 5.74) is 9.18. The summed E-state index contributed by atoms with van der Waals surface area (Å²) in [6.45, 7) is 2.03. The molecule has 0 spiro atoms. The minimum atomic E-state index is -0.284. The van der Waals surface area contributed by atoms with E-state index < -0.39 is 0 Å². The summed E-state index contributed by atoms with van der Waals surface area (Å²) in [5.74, 6) is 0.790. The minimum Gasteiger partial charge on any atom is -0.496 e. The second-order valence-corrected chi connectivity index (χ2v) is 5.04. The molecule has 3 nitrogen and oxygen atoms in total. The van der Waals surface area contributed by atoms with Crippen LogP contribution in [0.2, 0.25) is 0 Å². The van der Waals surface area contributed by atoms with Crippen molar-refractivity contribution in [1.29, 1.82) is 0 Å². The van der Waals surface area contributed by atoms with Gasteiger partial charge < -0.3 is 10.5 Å². The van der Waals surface area contributed by atoms with Crippen LogP contribution in [0.3, 0.4) is 0 Å². The highest BCUT2D eigenvalue weighted by Gasteiger charge is 2.15. The number of nitrogens with zero attached hydrogens (tertiary/aromatic N) is 1. The Morgan fingerprint density at radius 1 is 1.28 bits per heavy atom. The second kappa shape index (κ2) is 5.50. The number of aromatic nitrogens is 1. The zero-order valence-corrected chi connectivity index (χ0v) is 11.9. The molecule has 4 heteroatoms. The maximum Gasteiger partial charge on any atom is 0.124 e. The molecule has 1 aromatic carbocycles. The molecule has 0 saturated carbocycles. The summed E-state index contributed by atoms with van der Waals surface area (Å²) in [6.07, 6.45) is 1.75. The summed E-state index contributed by atoms with van der Waals surface area (Å²) in [6, 6.07) is 9.54. The molecule has 0 fully saturated rings. The Balaban J connectivity index is 2.41. The third-order valence-corrected chi connectivity index (χ3v) is 3.26. The molecular weight excluding hydrogens is 292 g/mol. The normalized spacial score (nSPS) is 12.2. The van der Waals surface area contributed by atoms with E-state index in [2.05, 4.69) is 20.9 Å². The third-order valence-electron chi connectivity index (χ3n) is 2.79. The van der Waals surface area contributed by atoms with Gasteiger partial charge in [0.2, 0.25) is 0 Å². The van der Waals surface area contributed by atoms with Gasteiger partial charge in [-0.25, -0.2) is 0 Å². The lowest BCUT2D eigenvalue weighted by molar-refractivity contribution is 0.407. The maximum atomic E-state index is 6.25. The summed E-state index contributed by atoms with van der Waals surface area (Å²) in [4.78, 5) is 4.33. The number of benzene rings is 1. The zero-order chi connectivity index (χ0) is 13.1. The van der Waals surface area contributed by atoms with Crippen LogP contribution in [0, 0.1) is 6.92 Å². The Labute approximate surface area is 115 Å². The smallest absolute Gasteiger partial charge is 0.124 e. The van der Waals surface area contributed by atoms with Crippen LogP contribution in [0.15, 0.2) is 41.0 Å². The first-order valence-corrected chi connectivity index (χ1v) is 6.42. The van der Waals surface area contributed by atoms with Gasteiger partial charge in [0, 0.05) is 16.2 Å². The summed E-state index contributed by atoms with van der Waals surface area (Å²) >= 11 is 3.36. The first-order valence-electron chi connectivity index (χ1n) is 5.63. The standard InChI is InChI=1S/C14H15BrN2O/c1-9-3-6-13(18-2)11(7-9)14(16)12-5-4-10(15)8-17-12/h3-8,14H,16H2,1-2H3. The van der Waals surface area contributed by atoms with E-state index in [-0.39, 0.29) is 6.04 Å². The molecule has 2 aromatic rings. The molecule has 1 aromatic heterocycles. The number of methoxy groups -OCH3 is 1. The van der Waals surface area contributed by atoms with Gasteiger partial charge in [-0.1, -0.05) is 17.7 Å². The Hall–Kier alpha value is -1.39. The van der Waals surface area contributed by atoms with Gasteiger partial charge >= 0.3 is 0 Å². The predicted molar refractivity (Wildman–Crippen MR) is 75.7 cm³/mol. The number of nitrogens with two attached hydrogens (primary N) is 1. The van der Waals surface area contributed by atoms with Crippen molar-refractivity contribution < 1.29 is 4.74 Å². The Bertz CT molecular complexity index is 540. The van der Waals surface area contributed by atoms with Crippen molar-refractivity contribution in [3.05, 3.63) is 57.8 Å². The summed E-state index contributed by atoms with van der Waals surface area (Å²) < 4.78 is 6.29.